The first-order chi connectivity index (χ1) is 35.6. The van der Waals surface area contributed by atoms with E-state index in [0.29, 0.717) is 19.8 Å². The van der Waals surface area contributed by atoms with Crippen LogP contribution in [-0.2, 0) is 82.3 Å². The fraction of sp³-hybridized carbons (Fsp3) is 0.311. The van der Waals surface area contributed by atoms with E-state index >= 15 is 0 Å². The maximum Gasteiger partial charge on any atom is 0.187 e. The molecule has 11 heteroatoms. The normalized spacial score (nSPS) is 24.1. The molecule has 2 aliphatic heterocycles. The van der Waals surface area contributed by atoms with E-state index in [1.54, 1.807) is 18.9 Å². The van der Waals surface area contributed by atoms with E-state index in [4.69, 9.17) is 47.4 Å². The van der Waals surface area contributed by atoms with E-state index in [2.05, 4.69) is 48.5 Å². The highest BCUT2D eigenvalue weighted by Crippen LogP contribution is 2.40. The van der Waals surface area contributed by atoms with Crippen LogP contribution in [0, 0.1) is 0 Å². The van der Waals surface area contributed by atoms with Gasteiger partial charge in [0.25, 0.3) is 0 Å². The predicted molar refractivity (Wildman–Crippen MR) is 278 cm³/mol. The summed E-state index contributed by atoms with van der Waals surface area (Å²) in [5, 5.41) is 0. The van der Waals surface area contributed by atoms with Crippen LogP contribution in [0.1, 0.15) is 40.3 Å². The average Bonchev–Trinajstić information content (AvgIpc) is 3.43. The first-order valence-corrected chi connectivity index (χ1v) is 25.6. The minimum absolute atomic E-state index is 0.173. The number of hydrogen-bond donors (Lipinski definition) is 0. The third-order valence-electron chi connectivity index (χ3n) is 12.7. The Hall–Kier alpha value is -5.67. The van der Waals surface area contributed by atoms with Gasteiger partial charge in [0.05, 0.1) is 59.5 Å². The third-order valence-corrected chi connectivity index (χ3v) is 13.9. The lowest BCUT2D eigenvalue weighted by atomic mass is 9.96. The molecule has 1 unspecified atom stereocenters. The van der Waals surface area contributed by atoms with Crippen LogP contribution in [0.25, 0.3) is 0 Å². The second-order valence-corrected chi connectivity index (χ2v) is 19.1. The maximum absolute atomic E-state index is 7.60. The molecule has 0 radical (unpaired) electrons. The molecule has 0 aliphatic carbocycles. The number of thioether (sulfide) groups is 1. The van der Waals surface area contributed by atoms with Crippen molar-refractivity contribution in [1.82, 2.24) is 0 Å². The molecule has 0 amide bonds. The van der Waals surface area contributed by atoms with E-state index in [9.17, 15) is 0 Å². The second-order valence-electron chi connectivity index (χ2n) is 18.0. The van der Waals surface area contributed by atoms with E-state index < -0.39 is 60.6 Å². The van der Waals surface area contributed by atoms with Crippen molar-refractivity contribution < 1.29 is 47.4 Å². The number of rotatable bonds is 24. The van der Waals surface area contributed by atoms with Gasteiger partial charge in [-0.15, -0.1) is 0 Å². The number of methoxy groups -OCH3 is 1. The van der Waals surface area contributed by atoms with Crippen LogP contribution in [0.5, 0.6) is 5.75 Å². The number of ether oxygens (including phenoxy) is 10. The fourth-order valence-electron chi connectivity index (χ4n) is 8.95. The first kappa shape index (κ1) is 51.2. The molecular weight excluding hydrogens is 925 g/mol. The van der Waals surface area contributed by atoms with E-state index in [0.717, 1.165) is 44.0 Å². The SMILES string of the molecule is COc1ccc(CO[C@@H]2[C@@H](OC3O[C@H](COCc4ccccc4)[C@@H](OCc4ccccc4)[C@H](OCc4ccccc4)[C@H]3OCc3ccccc3)[C@@H](OCc3ccccc3)[C@H](Sc3ccccc3)O[C@H]2C)cc1. The third kappa shape index (κ3) is 14.5. The summed E-state index contributed by atoms with van der Waals surface area (Å²) in [6.45, 7) is 3.99. The number of benzene rings is 7. The molecule has 7 aromatic rings. The van der Waals surface area contributed by atoms with Crippen LogP contribution >= 0.6 is 11.8 Å². The van der Waals surface area contributed by atoms with Gasteiger partial charge < -0.3 is 47.4 Å². The van der Waals surface area contributed by atoms with Crippen molar-refractivity contribution in [1.29, 1.82) is 0 Å². The molecule has 10 atom stereocenters. The lowest BCUT2D eigenvalue weighted by Crippen LogP contribution is -2.65. The van der Waals surface area contributed by atoms with Gasteiger partial charge in [-0.1, -0.05) is 194 Å². The van der Waals surface area contributed by atoms with Crippen LogP contribution in [-0.4, -0.2) is 74.3 Å². The summed E-state index contributed by atoms with van der Waals surface area (Å²) in [4.78, 5) is 1.03. The molecule has 0 aromatic heterocycles. The van der Waals surface area contributed by atoms with Crippen LogP contribution in [0.4, 0.5) is 0 Å². The average molecular weight is 989 g/mol. The molecular formula is C61H64O10S. The summed E-state index contributed by atoms with van der Waals surface area (Å²) in [5.41, 5.74) is 5.50. The molecule has 10 nitrogen and oxygen atoms in total. The zero-order valence-electron chi connectivity index (χ0n) is 40.8. The number of hydrogen-bond acceptors (Lipinski definition) is 11. The predicted octanol–water partition coefficient (Wildman–Crippen LogP) is 11.8. The highest BCUT2D eigenvalue weighted by atomic mass is 32.2. The summed E-state index contributed by atoms with van der Waals surface area (Å²) in [6, 6.07) is 68.7. The lowest BCUT2D eigenvalue weighted by molar-refractivity contribution is -0.358. The van der Waals surface area contributed by atoms with Crippen molar-refractivity contribution in [3.05, 3.63) is 240 Å². The largest absolute Gasteiger partial charge is 0.497 e. The molecule has 2 aliphatic rings. The summed E-state index contributed by atoms with van der Waals surface area (Å²) in [7, 11) is 1.66. The fourth-order valence-corrected chi connectivity index (χ4v) is 10.1. The van der Waals surface area contributed by atoms with Crippen molar-refractivity contribution >= 4 is 11.8 Å². The topological polar surface area (TPSA) is 92.3 Å². The van der Waals surface area contributed by atoms with Crippen LogP contribution < -0.4 is 4.74 Å². The molecule has 0 N–H and O–H groups in total. The van der Waals surface area contributed by atoms with Crippen molar-refractivity contribution in [3.63, 3.8) is 0 Å². The first-order valence-electron chi connectivity index (χ1n) is 24.7. The van der Waals surface area contributed by atoms with Crippen molar-refractivity contribution in [2.24, 2.45) is 0 Å². The van der Waals surface area contributed by atoms with E-state index in [1.165, 1.54) is 0 Å². The Bertz CT molecular complexity index is 2580. The van der Waals surface area contributed by atoms with Gasteiger partial charge in [-0.3, -0.25) is 0 Å². The van der Waals surface area contributed by atoms with Crippen molar-refractivity contribution in [2.75, 3.05) is 13.7 Å². The summed E-state index contributed by atoms with van der Waals surface area (Å²) in [5.74, 6) is 0.762. The van der Waals surface area contributed by atoms with Gasteiger partial charge in [-0.05, 0) is 64.6 Å². The quantitative estimate of drug-likeness (QED) is 0.0579. The van der Waals surface area contributed by atoms with Gasteiger partial charge >= 0.3 is 0 Å². The summed E-state index contributed by atoms with van der Waals surface area (Å²) < 4.78 is 69.2. The Balaban J connectivity index is 1.12. The molecule has 9 rings (SSSR count). The van der Waals surface area contributed by atoms with E-state index in [1.807, 2.05) is 165 Å². The maximum atomic E-state index is 7.60. The minimum Gasteiger partial charge on any atom is -0.497 e. The molecule has 2 saturated heterocycles. The van der Waals surface area contributed by atoms with E-state index in [-0.39, 0.29) is 26.4 Å². The van der Waals surface area contributed by atoms with Crippen LogP contribution in [0.3, 0.4) is 0 Å². The van der Waals surface area contributed by atoms with Crippen LogP contribution in [0.15, 0.2) is 211 Å². The van der Waals surface area contributed by atoms with Gasteiger partial charge in [0, 0.05) is 4.90 Å². The molecule has 2 fully saturated rings. The molecule has 0 spiro atoms. The van der Waals surface area contributed by atoms with Gasteiger partial charge in [0.2, 0.25) is 0 Å². The Morgan fingerprint density at radius 2 is 0.792 bits per heavy atom. The molecule has 0 saturated carbocycles. The summed E-state index contributed by atoms with van der Waals surface area (Å²) in [6.07, 6.45) is -6.42. The van der Waals surface area contributed by atoms with Gasteiger partial charge in [-0.25, -0.2) is 0 Å². The van der Waals surface area contributed by atoms with Gasteiger partial charge in [0.15, 0.2) is 6.29 Å². The Labute approximate surface area is 428 Å². The summed E-state index contributed by atoms with van der Waals surface area (Å²) >= 11 is 1.59. The Morgan fingerprint density at radius 3 is 1.28 bits per heavy atom. The molecule has 374 valence electrons. The van der Waals surface area contributed by atoms with Gasteiger partial charge in [0.1, 0.15) is 53.9 Å². The molecule has 72 heavy (non-hydrogen) atoms. The smallest absolute Gasteiger partial charge is 0.187 e. The standard InChI is InChI=1S/C61H64O10S/c1-44-54(64-42-50-33-35-51(62-2)36-34-50)57(59(68-41-49-29-17-7-18-30-49)61(69-44)72-52-31-19-8-20-32-52)71-60-58(67-40-48-27-15-6-16-28-48)56(66-39-47-25-13-5-14-26-47)55(65-38-46-23-11-4-12-24-46)53(70-60)43-63-37-45-21-9-3-10-22-45/h3-36,44,53-61H,37-43H2,1-2H3/t44-,53+,54-,55+,56-,57+,58+,59+,60?,61-/m0/s1. The Morgan fingerprint density at radius 1 is 0.389 bits per heavy atom. The Kier molecular flexibility index (Phi) is 19.1. The minimum atomic E-state index is -1.04. The van der Waals surface area contributed by atoms with Gasteiger partial charge in [-0.2, -0.15) is 0 Å². The molecule has 2 heterocycles. The monoisotopic (exact) mass is 988 g/mol. The highest BCUT2D eigenvalue weighted by molar-refractivity contribution is 7.99. The van der Waals surface area contributed by atoms with Crippen molar-refractivity contribution in [3.8, 4) is 5.75 Å². The van der Waals surface area contributed by atoms with Crippen LogP contribution in [0.2, 0.25) is 0 Å². The zero-order valence-corrected chi connectivity index (χ0v) is 41.7. The molecule has 7 aromatic carbocycles. The van der Waals surface area contributed by atoms with Crippen molar-refractivity contribution in [2.45, 2.75) is 112 Å². The lowest BCUT2D eigenvalue weighted by Gasteiger charge is -2.50. The zero-order chi connectivity index (χ0) is 49.2. The highest BCUT2D eigenvalue weighted by Gasteiger charge is 2.54. The second kappa shape index (κ2) is 26.9. The molecule has 0 bridgehead atoms.